The molecule has 0 atom stereocenters. The molecule has 0 aliphatic heterocycles. The molecule has 0 amide bonds. The maximum Gasteiger partial charge on any atom is 0.206 e. The normalized spacial score (nSPS) is 13.6. The fraction of sp³-hybridized carbons (Fsp3) is 1.00. The van der Waals surface area contributed by atoms with Crippen molar-refractivity contribution >= 4 is 120 Å². The molecule has 0 heterocycles. The van der Waals surface area contributed by atoms with Gasteiger partial charge in [0.15, 0.2) is 0 Å². The van der Waals surface area contributed by atoms with Crippen LogP contribution in [0.2, 0.25) is 0 Å². The van der Waals surface area contributed by atoms with Crippen molar-refractivity contribution in [1.29, 1.82) is 0 Å². The summed E-state index contributed by atoms with van der Waals surface area (Å²) in [5, 5.41) is 0. The first-order valence-corrected chi connectivity index (χ1v) is 8.12. The molecule has 0 rings (SSSR count). The first-order valence-electron chi connectivity index (χ1n) is 1.88. The zero-order valence-electron chi connectivity index (χ0n) is 4.49. The molecule has 0 spiro atoms. The van der Waals surface area contributed by atoms with Gasteiger partial charge < -0.3 is 0 Å². The lowest BCUT2D eigenvalue weighted by Crippen LogP contribution is -1.94. The highest BCUT2D eigenvalue weighted by molar-refractivity contribution is 9.43. The van der Waals surface area contributed by atoms with Crippen molar-refractivity contribution in [2.24, 2.45) is 0 Å². The Labute approximate surface area is 124 Å². The molecule has 0 aliphatic rings. The van der Waals surface area contributed by atoms with Gasteiger partial charge in [-0.25, -0.2) is 3.63 Å². The Hall–Kier alpha value is 3.54. The molecule has 0 N–H and O–H groups in total. The van der Waals surface area contributed by atoms with E-state index < -0.39 is 2.95 Å². The second-order valence-electron chi connectivity index (χ2n) is 1.13. The smallest absolute Gasteiger partial charge is 0.206 e. The van der Waals surface area contributed by atoms with E-state index in [0.29, 0.717) is 0 Å². The van der Waals surface area contributed by atoms with Crippen LogP contribution in [0.25, 0.3) is 0 Å². The zero-order chi connectivity index (χ0) is 9.12. The predicted molar refractivity (Wildman–Crippen MR) is 75.3 cm³/mol. The van der Waals surface area contributed by atoms with E-state index in [1.807, 2.05) is 0 Å². The van der Waals surface area contributed by atoms with E-state index in [-0.39, 0.29) is 0 Å². The Balaban J connectivity index is 3.44. The standard InChI is InChI=1S/C2Br6OS2/c3-1(4,5)10-9-11-2(6,7)8. The molecule has 0 aromatic heterocycles. The number of hydrogen-bond donors (Lipinski definition) is 0. The summed E-state index contributed by atoms with van der Waals surface area (Å²) in [7, 11) is 0. The van der Waals surface area contributed by atoms with Crippen molar-refractivity contribution in [3.05, 3.63) is 0 Å². The molecule has 0 aromatic rings. The van der Waals surface area contributed by atoms with Gasteiger partial charge in [0.25, 0.3) is 0 Å². The lowest BCUT2D eigenvalue weighted by Gasteiger charge is -2.13. The van der Waals surface area contributed by atoms with Gasteiger partial charge in [0.1, 0.15) is 0 Å². The molecular weight excluding hydrogens is 584 g/mol. The fourth-order valence-corrected chi connectivity index (χ4v) is 3.76. The average molecular weight is 584 g/mol. The molecule has 11 heavy (non-hydrogen) atoms. The van der Waals surface area contributed by atoms with E-state index >= 15 is 0 Å². The topological polar surface area (TPSA) is 9.23 Å². The summed E-state index contributed by atoms with van der Waals surface area (Å²) in [5.41, 5.74) is 0. The van der Waals surface area contributed by atoms with Gasteiger partial charge in [0.05, 0.1) is 24.1 Å². The van der Waals surface area contributed by atoms with Crippen LogP contribution in [0.1, 0.15) is 0 Å². The van der Waals surface area contributed by atoms with Crippen molar-refractivity contribution in [2.75, 3.05) is 0 Å². The maximum atomic E-state index is 5.11. The third-order valence-electron chi connectivity index (χ3n) is 0.257. The van der Waals surface area contributed by atoms with Gasteiger partial charge in [-0.15, -0.1) is 0 Å². The van der Waals surface area contributed by atoms with Crippen LogP contribution in [0.5, 0.6) is 0 Å². The number of hydrogen-bond acceptors (Lipinski definition) is 3. The van der Waals surface area contributed by atoms with E-state index in [2.05, 4.69) is 95.6 Å². The van der Waals surface area contributed by atoms with Crippen LogP contribution in [-0.4, -0.2) is 2.95 Å². The van der Waals surface area contributed by atoms with Gasteiger partial charge in [-0.1, -0.05) is 0 Å². The summed E-state index contributed by atoms with van der Waals surface area (Å²) in [6.45, 7) is 0. The number of rotatable bonds is 2. The molecular formula is C2Br6OS2. The van der Waals surface area contributed by atoms with Gasteiger partial charge >= 0.3 is 0 Å². The predicted octanol–water partition coefficient (Wildman–Crippen LogP) is 5.89. The molecule has 68 valence electrons. The van der Waals surface area contributed by atoms with Crippen molar-refractivity contribution in [3.63, 3.8) is 0 Å². The summed E-state index contributed by atoms with van der Waals surface area (Å²) in [6, 6.07) is 0. The highest BCUT2D eigenvalue weighted by Crippen LogP contribution is 2.52. The summed E-state index contributed by atoms with van der Waals surface area (Å²) < 4.78 is 4.25. The van der Waals surface area contributed by atoms with E-state index in [1.165, 1.54) is 24.1 Å². The molecule has 0 unspecified atom stereocenters. The average Bonchev–Trinajstić information content (AvgIpc) is 1.55. The lowest BCUT2D eigenvalue weighted by atomic mass is 11.9. The van der Waals surface area contributed by atoms with Gasteiger partial charge in [-0.05, 0) is 95.6 Å². The summed E-state index contributed by atoms with van der Waals surface area (Å²) >= 11 is 21.9. The number of alkyl halides is 6. The van der Waals surface area contributed by atoms with Gasteiger partial charge in [0.2, 0.25) is 2.95 Å². The van der Waals surface area contributed by atoms with Crippen LogP contribution in [0.3, 0.4) is 0 Å². The van der Waals surface area contributed by atoms with Crippen molar-refractivity contribution in [2.45, 2.75) is 2.95 Å². The van der Waals surface area contributed by atoms with Crippen LogP contribution >= 0.6 is 120 Å². The maximum absolute atomic E-state index is 5.11. The Morgan fingerprint density at radius 2 is 1.00 bits per heavy atom. The van der Waals surface area contributed by atoms with Crippen LogP contribution in [0, 0.1) is 0 Å². The van der Waals surface area contributed by atoms with E-state index in [4.69, 9.17) is 3.63 Å². The van der Waals surface area contributed by atoms with Crippen molar-refractivity contribution < 1.29 is 3.63 Å². The Morgan fingerprint density at radius 3 is 1.18 bits per heavy atom. The second kappa shape index (κ2) is 6.19. The summed E-state index contributed by atoms with van der Waals surface area (Å²) in [5.74, 6) is 0. The van der Waals surface area contributed by atoms with Gasteiger partial charge in [0, 0.05) is 0 Å². The molecule has 1 nitrogen and oxygen atoms in total. The van der Waals surface area contributed by atoms with Crippen molar-refractivity contribution in [1.82, 2.24) is 0 Å². The highest BCUT2D eigenvalue weighted by Gasteiger charge is 2.25. The Kier molecular flexibility index (Phi) is 8.19. The molecule has 0 aliphatic carbocycles. The summed E-state index contributed by atoms with van der Waals surface area (Å²) in [6.07, 6.45) is 0. The molecule has 0 saturated heterocycles. The third-order valence-corrected chi connectivity index (χ3v) is 3.56. The second-order valence-corrected chi connectivity index (χ2v) is 19.9. The van der Waals surface area contributed by atoms with Crippen LogP contribution < -0.4 is 0 Å². The largest absolute Gasteiger partial charge is 0.241 e. The quantitative estimate of drug-likeness (QED) is 0.297. The number of halogens is 6. The van der Waals surface area contributed by atoms with Crippen LogP contribution in [0.15, 0.2) is 0 Å². The zero-order valence-corrected chi connectivity index (χ0v) is 15.6. The first kappa shape index (κ1) is 14.5. The molecule has 0 bridgehead atoms. The van der Waals surface area contributed by atoms with Gasteiger partial charge in [-0.3, -0.25) is 0 Å². The van der Waals surface area contributed by atoms with E-state index in [1.54, 1.807) is 0 Å². The van der Waals surface area contributed by atoms with E-state index in [9.17, 15) is 0 Å². The molecule has 9 heteroatoms. The van der Waals surface area contributed by atoms with Crippen molar-refractivity contribution in [3.8, 4) is 0 Å². The Bertz CT molecular complexity index is 103. The highest BCUT2D eigenvalue weighted by atomic mass is 80.0. The minimum atomic E-state index is -0.432. The first-order chi connectivity index (χ1) is 4.71. The summed E-state index contributed by atoms with van der Waals surface area (Å²) in [4.78, 5) is 0. The van der Waals surface area contributed by atoms with Gasteiger partial charge in [-0.2, -0.15) is 0 Å². The minimum Gasteiger partial charge on any atom is -0.241 e. The fourth-order valence-electron chi connectivity index (χ4n) is 0.0942. The molecule has 0 radical (unpaired) electrons. The molecule has 0 fully saturated rings. The molecule has 0 saturated carbocycles. The monoisotopic (exact) mass is 577 g/mol. The third kappa shape index (κ3) is 13.5. The van der Waals surface area contributed by atoms with E-state index in [0.717, 1.165) is 0 Å². The Morgan fingerprint density at radius 1 is 0.727 bits per heavy atom. The minimum absolute atomic E-state index is 0.432. The SMILES string of the molecule is BrC(Br)(Br)SOSC(Br)(Br)Br. The lowest BCUT2D eigenvalue weighted by molar-refractivity contribution is 0.763. The molecule has 0 aromatic carbocycles. The van der Waals surface area contributed by atoms with Crippen LogP contribution in [0.4, 0.5) is 0 Å². The van der Waals surface area contributed by atoms with Crippen LogP contribution in [-0.2, 0) is 3.63 Å².